The molecule has 2 aromatic rings. The van der Waals surface area contributed by atoms with Gasteiger partial charge in [0.25, 0.3) is 5.91 Å². The van der Waals surface area contributed by atoms with Gasteiger partial charge in [-0.05, 0) is 55.7 Å². The maximum Gasteiger partial charge on any atom is 0.319 e. The topological polar surface area (TPSA) is 70.2 Å². The molecule has 0 aliphatic carbocycles. The zero-order valence-electron chi connectivity index (χ0n) is 14.8. The number of amides is 3. The Hall–Kier alpha value is -2.60. The minimum Gasteiger partial charge on any atom is -0.327 e. The highest BCUT2D eigenvalue weighted by atomic mass is 79.9. The summed E-state index contributed by atoms with van der Waals surface area (Å²) in [5.41, 5.74) is 4.75. The van der Waals surface area contributed by atoms with E-state index in [4.69, 9.17) is 0 Å². The highest BCUT2D eigenvalue weighted by molar-refractivity contribution is 9.10. The molecular formula is C20H20BrN3O2. The SMILES string of the molecule is CC1=C(C(=O)Nc2cccc(C)c2C)[C@@H](c2cccc(Br)c2)NC(=O)N1. The first kappa shape index (κ1) is 18.2. The Morgan fingerprint density at radius 2 is 1.85 bits per heavy atom. The third-order valence-electron chi connectivity index (χ3n) is 4.55. The predicted molar refractivity (Wildman–Crippen MR) is 106 cm³/mol. The number of benzene rings is 2. The van der Waals surface area contributed by atoms with Crippen molar-refractivity contribution in [2.75, 3.05) is 5.32 Å². The number of carbonyl (C=O) groups is 2. The molecule has 0 spiro atoms. The van der Waals surface area contributed by atoms with Gasteiger partial charge in [0, 0.05) is 15.9 Å². The molecule has 1 aliphatic rings. The first-order chi connectivity index (χ1) is 12.4. The van der Waals surface area contributed by atoms with Crippen molar-refractivity contribution >= 4 is 33.6 Å². The van der Waals surface area contributed by atoms with Crippen molar-refractivity contribution in [3.05, 3.63) is 74.9 Å². The predicted octanol–water partition coefficient (Wildman–Crippen LogP) is 4.33. The van der Waals surface area contributed by atoms with Crippen LogP contribution in [0.3, 0.4) is 0 Å². The van der Waals surface area contributed by atoms with Gasteiger partial charge in [-0.15, -0.1) is 0 Å². The molecule has 3 N–H and O–H groups in total. The summed E-state index contributed by atoms with van der Waals surface area (Å²) in [5.74, 6) is -0.242. The van der Waals surface area contributed by atoms with Gasteiger partial charge in [0.15, 0.2) is 0 Å². The molecule has 26 heavy (non-hydrogen) atoms. The van der Waals surface area contributed by atoms with Crippen LogP contribution in [-0.2, 0) is 4.79 Å². The smallest absolute Gasteiger partial charge is 0.319 e. The van der Waals surface area contributed by atoms with Gasteiger partial charge in [-0.1, -0.05) is 40.2 Å². The van der Waals surface area contributed by atoms with E-state index in [1.165, 1.54) is 0 Å². The molecule has 2 aromatic carbocycles. The van der Waals surface area contributed by atoms with Crippen LogP contribution in [0.5, 0.6) is 0 Å². The number of anilines is 1. The van der Waals surface area contributed by atoms with Gasteiger partial charge in [0.2, 0.25) is 0 Å². The van der Waals surface area contributed by atoms with E-state index in [-0.39, 0.29) is 11.9 Å². The number of carbonyl (C=O) groups excluding carboxylic acids is 2. The van der Waals surface area contributed by atoms with Crippen LogP contribution in [0.2, 0.25) is 0 Å². The summed E-state index contributed by atoms with van der Waals surface area (Å²) in [6, 6.07) is 12.5. The number of hydrogen-bond donors (Lipinski definition) is 3. The van der Waals surface area contributed by atoms with Crippen molar-refractivity contribution in [1.82, 2.24) is 10.6 Å². The van der Waals surface area contributed by atoms with Crippen LogP contribution in [0.4, 0.5) is 10.5 Å². The quantitative estimate of drug-likeness (QED) is 0.700. The maximum absolute atomic E-state index is 13.0. The zero-order chi connectivity index (χ0) is 18.8. The Bertz CT molecular complexity index is 921. The summed E-state index contributed by atoms with van der Waals surface area (Å²) >= 11 is 3.44. The standard InChI is InChI=1S/C20H20BrN3O2/c1-11-6-4-9-16(12(11)2)23-19(25)17-13(3)22-20(26)24-18(17)14-7-5-8-15(21)10-14/h4-10,18H,1-3H3,(H,23,25)(H2,22,24,26)/t18-/m1/s1. The van der Waals surface area contributed by atoms with Gasteiger partial charge < -0.3 is 16.0 Å². The summed E-state index contributed by atoms with van der Waals surface area (Å²) in [5, 5.41) is 8.52. The first-order valence-electron chi connectivity index (χ1n) is 8.28. The summed E-state index contributed by atoms with van der Waals surface area (Å²) in [6.07, 6.45) is 0. The molecule has 0 unspecified atom stereocenters. The molecule has 3 rings (SSSR count). The van der Waals surface area contributed by atoms with Crippen LogP contribution >= 0.6 is 15.9 Å². The van der Waals surface area contributed by atoms with E-state index < -0.39 is 6.04 Å². The fourth-order valence-corrected chi connectivity index (χ4v) is 3.42. The lowest BCUT2D eigenvalue weighted by molar-refractivity contribution is -0.113. The second-order valence-corrected chi connectivity index (χ2v) is 7.24. The average Bonchev–Trinajstić information content (AvgIpc) is 2.58. The lowest BCUT2D eigenvalue weighted by Gasteiger charge is -2.29. The Labute approximate surface area is 161 Å². The second-order valence-electron chi connectivity index (χ2n) is 6.33. The summed E-state index contributed by atoms with van der Waals surface area (Å²) in [7, 11) is 0. The van der Waals surface area contributed by atoms with E-state index >= 15 is 0 Å². The van der Waals surface area contributed by atoms with Gasteiger partial charge in [-0.3, -0.25) is 4.79 Å². The molecule has 0 bridgehead atoms. The van der Waals surface area contributed by atoms with Crippen molar-refractivity contribution < 1.29 is 9.59 Å². The normalized spacial score (nSPS) is 16.8. The summed E-state index contributed by atoms with van der Waals surface area (Å²) < 4.78 is 0.884. The number of hydrogen-bond acceptors (Lipinski definition) is 2. The van der Waals surface area contributed by atoms with E-state index in [9.17, 15) is 9.59 Å². The number of nitrogens with one attached hydrogen (secondary N) is 3. The Morgan fingerprint density at radius 3 is 2.58 bits per heavy atom. The molecule has 3 amide bonds. The molecule has 5 nitrogen and oxygen atoms in total. The highest BCUT2D eigenvalue weighted by Gasteiger charge is 2.31. The van der Waals surface area contributed by atoms with Gasteiger partial charge in [0.05, 0.1) is 11.6 Å². The van der Waals surface area contributed by atoms with Crippen LogP contribution in [0.15, 0.2) is 58.2 Å². The lowest BCUT2D eigenvalue weighted by atomic mass is 9.94. The van der Waals surface area contributed by atoms with E-state index in [2.05, 4.69) is 31.9 Å². The third-order valence-corrected chi connectivity index (χ3v) is 5.04. The molecule has 0 saturated heterocycles. The molecular weight excluding hydrogens is 394 g/mol. The summed E-state index contributed by atoms with van der Waals surface area (Å²) in [6.45, 7) is 5.71. The van der Waals surface area contributed by atoms with Crippen molar-refractivity contribution in [1.29, 1.82) is 0 Å². The molecule has 0 fully saturated rings. The monoisotopic (exact) mass is 413 g/mol. The van der Waals surface area contributed by atoms with E-state index in [0.29, 0.717) is 11.3 Å². The minimum atomic E-state index is -0.522. The van der Waals surface area contributed by atoms with Crippen LogP contribution in [0.1, 0.15) is 29.7 Å². The second kappa shape index (κ2) is 7.33. The Kier molecular flexibility index (Phi) is 5.13. The summed E-state index contributed by atoms with van der Waals surface area (Å²) in [4.78, 5) is 25.0. The Morgan fingerprint density at radius 1 is 1.12 bits per heavy atom. The molecule has 0 saturated carbocycles. The average molecular weight is 414 g/mol. The van der Waals surface area contributed by atoms with E-state index in [0.717, 1.165) is 26.9 Å². The highest BCUT2D eigenvalue weighted by Crippen LogP contribution is 2.30. The molecule has 6 heteroatoms. The molecule has 1 aliphatic heterocycles. The molecule has 1 atom stereocenters. The largest absolute Gasteiger partial charge is 0.327 e. The zero-order valence-corrected chi connectivity index (χ0v) is 16.4. The fraction of sp³-hybridized carbons (Fsp3) is 0.200. The van der Waals surface area contributed by atoms with Crippen LogP contribution in [0, 0.1) is 13.8 Å². The number of halogens is 1. The number of allylic oxidation sites excluding steroid dienone is 1. The van der Waals surface area contributed by atoms with Crippen molar-refractivity contribution in [2.45, 2.75) is 26.8 Å². The van der Waals surface area contributed by atoms with Gasteiger partial charge in [0.1, 0.15) is 0 Å². The van der Waals surface area contributed by atoms with Gasteiger partial charge in [-0.25, -0.2) is 4.79 Å². The van der Waals surface area contributed by atoms with Crippen LogP contribution in [-0.4, -0.2) is 11.9 Å². The Balaban J connectivity index is 1.98. The van der Waals surface area contributed by atoms with Gasteiger partial charge in [-0.2, -0.15) is 0 Å². The molecule has 1 heterocycles. The number of urea groups is 1. The van der Waals surface area contributed by atoms with Crippen LogP contribution in [0.25, 0.3) is 0 Å². The third kappa shape index (κ3) is 3.65. The molecule has 134 valence electrons. The lowest BCUT2D eigenvalue weighted by Crippen LogP contribution is -2.46. The maximum atomic E-state index is 13.0. The molecule has 0 aromatic heterocycles. The van der Waals surface area contributed by atoms with Crippen LogP contribution < -0.4 is 16.0 Å². The van der Waals surface area contributed by atoms with E-state index in [1.807, 2.05) is 56.3 Å². The van der Waals surface area contributed by atoms with E-state index in [1.54, 1.807) is 6.92 Å². The van der Waals surface area contributed by atoms with Gasteiger partial charge >= 0.3 is 6.03 Å². The van der Waals surface area contributed by atoms with Crippen molar-refractivity contribution in [3.63, 3.8) is 0 Å². The van der Waals surface area contributed by atoms with Crippen molar-refractivity contribution in [2.24, 2.45) is 0 Å². The first-order valence-corrected chi connectivity index (χ1v) is 9.07. The van der Waals surface area contributed by atoms with Crippen molar-refractivity contribution in [3.8, 4) is 0 Å². The molecule has 0 radical (unpaired) electrons. The number of aryl methyl sites for hydroxylation is 1. The fourth-order valence-electron chi connectivity index (χ4n) is 3.01. The minimum absolute atomic E-state index is 0.242. The number of rotatable bonds is 3.